The molecule has 2 saturated carbocycles. The van der Waals surface area contributed by atoms with Crippen LogP contribution in [-0.2, 0) is 28.5 Å². The van der Waals surface area contributed by atoms with Crippen LogP contribution in [0, 0.1) is 110 Å². The molecule has 1 aromatic rings. The summed E-state index contributed by atoms with van der Waals surface area (Å²) >= 11 is 0. The van der Waals surface area contributed by atoms with Crippen LogP contribution in [0.3, 0.4) is 0 Å². The van der Waals surface area contributed by atoms with Crippen molar-refractivity contribution < 1.29 is 152 Å². The Hall–Kier alpha value is -0.777. The van der Waals surface area contributed by atoms with Gasteiger partial charge in [0.15, 0.2) is 11.9 Å². The number of esters is 2. The molecule has 0 unspecified atom stereocenters. The van der Waals surface area contributed by atoms with Crippen molar-refractivity contribution in [1.82, 2.24) is 5.32 Å². The number of amides is 1. The monoisotopic (exact) mass is 1210 g/mol. The van der Waals surface area contributed by atoms with Crippen LogP contribution < -0.4 is 5.32 Å². The molecule has 16 heteroatoms. The third kappa shape index (κ3) is 8.97. The van der Waals surface area contributed by atoms with Crippen LogP contribution in [0.4, 0.5) is 4.79 Å². The van der Waals surface area contributed by atoms with E-state index in [-0.39, 0.29) is 130 Å². The van der Waals surface area contributed by atoms with Gasteiger partial charge in [-0.3, -0.25) is 4.79 Å². The molecule has 1 aromatic carbocycles. The van der Waals surface area contributed by atoms with E-state index in [2.05, 4.69) is 5.32 Å². The van der Waals surface area contributed by atoms with Crippen molar-refractivity contribution in [3.63, 3.8) is 0 Å². The molecule has 56 heavy (non-hydrogen) atoms. The Morgan fingerprint density at radius 2 is 1.64 bits per heavy atom. The smallest absolute Gasteiger partial charge is 0.407 e. The quantitative estimate of drug-likeness (QED) is 0.126. The summed E-state index contributed by atoms with van der Waals surface area (Å²) in [6.07, 6.45) is -9.66. The maximum absolute atomic E-state index is 14.6. The molecular formula is C40H55Ac2NO13. The molecule has 2 bridgehead atoms. The van der Waals surface area contributed by atoms with Crippen LogP contribution in [0.1, 0.15) is 85.5 Å². The normalized spacial score (nSPS) is 34.1. The molecule has 6 N–H and O–H groups in total. The summed E-state index contributed by atoms with van der Waals surface area (Å²) in [5.74, 6) is -4.51. The number of aliphatic hydroxyl groups excluding tert-OH is 3. The van der Waals surface area contributed by atoms with Gasteiger partial charge >= 0.3 is 18.0 Å². The summed E-state index contributed by atoms with van der Waals surface area (Å²) in [6.45, 7) is 14.7. The zero-order chi connectivity index (χ0) is 40.3. The van der Waals surface area contributed by atoms with E-state index < -0.39 is 101 Å². The molecule has 1 saturated heterocycles. The number of allylic oxidation sites excluding steroid dienone is 1. The van der Waals surface area contributed by atoms with Gasteiger partial charge in [-0.15, -0.1) is 0 Å². The summed E-state index contributed by atoms with van der Waals surface area (Å²) in [5.41, 5.74) is -7.19. The number of hydrogen-bond donors (Lipinski definition) is 6. The minimum absolute atomic E-state index is 0. The topological polar surface area (TPSA) is 218 Å². The second-order valence-electron chi connectivity index (χ2n) is 17.5. The maximum Gasteiger partial charge on any atom is 0.407 e. The molecule has 3 aliphatic carbocycles. The SMILES string of the molecule is CC(C)=C[C@H](NC(=O)OCC(C)(C)C)[C@@H](O)C(=O)O[C@H]1C[C@@]2(O)[C@@H](OC(=O)c3ccccc3)[C@@H]3[C@]4(O)CO[C@@H]4C[C@H](O)[C@@]3(C)C(=O)[C@H](O)C(=C1C)C2(C)C.[Ac].[Ac]. The Morgan fingerprint density at radius 1 is 1.04 bits per heavy atom. The van der Waals surface area contributed by atoms with Crippen LogP contribution >= 0.6 is 0 Å². The number of benzene rings is 1. The second-order valence-corrected chi connectivity index (χ2v) is 17.5. The predicted molar refractivity (Wildman–Crippen MR) is 193 cm³/mol. The largest absolute Gasteiger partial charge is 0.456 e. The third-order valence-electron chi connectivity index (χ3n) is 11.9. The molecule has 14 nitrogen and oxygen atoms in total. The van der Waals surface area contributed by atoms with Crippen LogP contribution in [0.15, 0.2) is 53.1 Å². The van der Waals surface area contributed by atoms with Crippen molar-refractivity contribution in [3.05, 3.63) is 58.7 Å². The summed E-state index contributed by atoms with van der Waals surface area (Å²) < 4.78 is 23.0. The van der Waals surface area contributed by atoms with Gasteiger partial charge in [-0.2, -0.15) is 0 Å². The van der Waals surface area contributed by atoms with Crippen LogP contribution in [-0.4, -0.2) is 116 Å². The Morgan fingerprint density at radius 3 is 2.18 bits per heavy atom. The summed E-state index contributed by atoms with van der Waals surface area (Å²) in [4.78, 5) is 55.0. The fourth-order valence-corrected chi connectivity index (χ4v) is 8.76. The molecule has 11 atom stereocenters. The summed E-state index contributed by atoms with van der Waals surface area (Å²) in [7, 11) is 0. The van der Waals surface area contributed by atoms with E-state index in [1.807, 2.05) is 20.8 Å². The fourth-order valence-electron chi connectivity index (χ4n) is 8.76. The number of Topliss-reactive ketones (excluding diaryl/α,β-unsaturated/α-hetero) is 1. The van der Waals surface area contributed by atoms with Crippen molar-refractivity contribution >= 4 is 23.8 Å². The average molecular weight is 1210 g/mol. The van der Waals surface area contributed by atoms with E-state index in [1.54, 1.807) is 45.9 Å². The number of nitrogens with one attached hydrogen (secondary N) is 1. The van der Waals surface area contributed by atoms with Crippen molar-refractivity contribution in [3.8, 4) is 0 Å². The van der Waals surface area contributed by atoms with Gasteiger partial charge in [0.1, 0.15) is 29.5 Å². The molecule has 1 amide bonds. The number of ketones is 1. The van der Waals surface area contributed by atoms with E-state index in [9.17, 15) is 44.7 Å². The first-order chi connectivity index (χ1) is 24.9. The van der Waals surface area contributed by atoms with Gasteiger partial charge in [0.25, 0.3) is 0 Å². The molecule has 0 aromatic heterocycles. The number of ether oxygens (including phenoxy) is 4. The summed E-state index contributed by atoms with van der Waals surface area (Å²) in [6, 6.07) is 6.60. The Kier molecular flexibility index (Phi) is 16.0. The minimum atomic E-state index is -2.29. The van der Waals surface area contributed by atoms with Gasteiger partial charge in [0.05, 0.1) is 42.4 Å². The third-order valence-corrected chi connectivity index (χ3v) is 11.9. The molecule has 3 fully saturated rings. The molecule has 2 radical (unpaired) electrons. The molecule has 0 spiro atoms. The number of fused-ring (bicyclic) bond motifs is 5. The van der Waals surface area contributed by atoms with Gasteiger partial charge in [0.2, 0.25) is 0 Å². The first-order valence-corrected chi connectivity index (χ1v) is 18.3. The first kappa shape index (κ1) is 49.6. The fraction of sp³-hybridized carbons (Fsp3) is 0.650. The van der Waals surface area contributed by atoms with E-state index >= 15 is 0 Å². The van der Waals surface area contributed by atoms with Gasteiger partial charge in [-0.05, 0) is 56.4 Å². The zero-order valence-electron chi connectivity index (χ0n) is 33.6. The molecule has 1 heterocycles. The predicted octanol–water partition coefficient (Wildman–Crippen LogP) is 2.53. The van der Waals surface area contributed by atoms with Crippen molar-refractivity contribution in [2.45, 2.75) is 129 Å². The number of alkyl carbamates (subject to hydrolysis) is 1. The number of carbonyl (C=O) groups is 4. The summed E-state index contributed by atoms with van der Waals surface area (Å²) in [5, 5.41) is 62.8. The van der Waals surface area contributed by atoms with E-state index in [1.165, 1.54) is 32.1 Å². The van der Waals surface area contributed by atoms with Crippen LogP contribution in [0.5, 0.6) is 0 Å². The molecule has 5 rings (SSSR count). The van der Waals surface area contributed by atoms with E-state index in [0.717, 1.165) is 0 Å². The van der Waals surface area contributed by atoms with E-state index in [4.69, 9.17) is 18.9 Å². The van der Waals surface area contributed by atoms with Crippen molar-refractivity contribution in [2.75, 3.05) is 13.2 Å². The van der Waals surface area contributed by atoms with Crippen molar-refractivity contribution in [2.24, 2.45) is 22.2 Å². The first-order valence-electron chi connectivity index (χ1n) is 18.3. The average Bonchev–Trinajstić information content (AvgIpc) is 3.08. The molecule has 304 valence electrons. The van der Waals surface area contributed by atoms with E-state index in [0.29, 0.717) is 5.57 Å². The Balaban J connectivity index is 0.00000420. The minimum Gasteiger partial charge on any atom is -0.456 e. The number of rotatable bonds is 8. The van der Waals surface area contributed by atoms with Crippen LogP contribution in [0.25, 0.3) is 0 Å². The Bertz CT molecular complexity index is 1720. The Labute approximate surface area is 399 Å². The van der Waals surface area contributed by atoms with Crippen LogP contribution in [0.2, 0.25) is 0 Å². The maximum atomic E-state index is 14.6. The number of aliphatic hydroxyl groups is 5. The van der Waals surface area contributed by atoms with Gasteiger partial charge in [-0.25, -0.2) is 14.4 Å². The molecule has 4 aliphatic rings. The standard InChI is InChI=1S/C40H55NO13.2Ac/c1-20(2)15-23(41-35(48)52-18-36(4,5)6)28(43)34(47)53-24-17-40(50)32(54-33(46)22-13-11-10-12-14-22)30-38(9,25(42)16-26-39(30,49)19-51-26)31(45)29(44)27(21(24)3)37(40,7)8;;/h10-15,23-26,28-30,32,42-44,49-50H,16-19H2,1-9H3,(H,41,48);;/t23-,24-,25-,26+,28+,29+,30-,32-,38+,39-,40+;;/m0../s1. The molecular weight excluding hydrogens is 1160 g/mol. The number of carbonyl (C=O) groups excluding carboxylic acids is 4. The van der Waals surface area contributed by atoms with Crippen molar-refractivity contribution in [1.29, 1.82) is 0 Å². The van der Waals surface area contributed by atoms with Gasteiger partial charge in [0, 0.05) is 112 Å². The second kappa shape index (κ2) is 18.1. The van der Waals surface area contributed by atoms with Gasteiger partial charge in [-0.1, -0.05) is 64.5 Å². The van der Waals surface area contributed by atoms with Gasteiger partial charge < -0.3 is 49.8 Å². The zero-order valence-corrected chi connectivity index (χ0v) is 43.1. The molecule has 1 aliphatic heterocycles. The number of hydrogen-bond acceptors (Lipinski definition) is 13.